The molecule has 2 rings (SSSR count). The highest BCUT2D eigenvalue weighted by Crippen LogP contribution is 2.34. The third-order valence-corrected chi connectivity index (χ3v) is 5.18. The molecule has 0 radical (unpaired) electrons. The molecule has 0 aromatic carbocycles. The van der Waals surface area contributed by atoms with E-state index < -0.39 is 5.97 Å². The number of rotatable bonds is 5. The Morgan fingerprint density at radius 1 is 1.24 bits per heavy atom. The number of aliphatic carboxylic acids is 1. The second kappa shape index (κ2) is 7.25. The molecule has 0 aromatic rings. The number of methoxy groups -OCH3 is 1. The molecule has 5 heteroatoms. The Morgan fingerprint density at radius 2 is 1.90 bits per heavy atom. The van der Waals surface area contributed by atoms with Crippen LogP contribution >= 0.6 is 0 Å². The lowest BCUT2D eigenvalue weighted by atomic mass is 9.80. The number of carbonyl (C=O) groups is 2. The molecule has 2 fully saturated rings. The number of hydrogen-bond donors (Lipinski definition) is 1. The minimum atomic E-state index is -0.843. The van der Waals surface area contributed by atoms with E-state index in [1.807, 2.05) is 0 Å². The Balaban J connectivity index is 1.97. The first-order valence-corrected chi connectivity index (χ1v) is 8.10. The molecule has 0 spiro atoms. The first-order valence-electron chi connectivity index (χ1n) is 8.10. The number of carboxylic acid groups (broad SMARTS) is 1. The Hall–Kier alpha value is -1.10. The summed E-state index contributed by atoms with van der Waals surface area (Å²) in [5.41, 5.74) is 0. The molecule has 21 heavy (non-hydrogen) atoms. The molecule has 1 saturated heterocycles. The summed E-state index contributed by atoms with van der Waals surface area (Å²) in [6, 6.07) is -0.205. The van der Waals surface area contributed by atoms with Crippen LogP contribution in [0.4, 0.5) is 0 Å². The van der Waals surface area contributed by atoms with Crippen LogP contribution in [-0.4, -0.2) is 47.7 Å². The molecule has 1 aliphatic heterocycles. The third-order valence-electron chi connectivity index (χ3n) is 5.18. The van der Waals surface area contributed by atoms with Gasteiger partial charge >= 0.3 is 5.97 Å². The zero-order valence-corrected chi connectivity index (χ0v) is 13.1. The van der Waals surface area contributed by atoms with Crippen LogP contribution in [0, 0.1) is 11.8 Å². The average molecular weight is 297 g/mol. The van der Waals surface area contributed by atoms with Gasteiger partial charge in [-0.3, -0.25) is 9.59 Å². The van der Waals surface area contributed by atoms with Crippen molar-refractivity contribution in [1.29, 1.82) is 0 Å². The number of hydrogen-bond acceptors (Lipinski definition) is 3. The summed E-state index contributed by atoms with van der Waals surface area (Å²) >= 11 is 0. The fourth-order valence-corrected chi connectivity index (χ4v) is 3.76. The zero-order valence-electron chi connectivity index (χ0n) is 13.1. The minimum absolute atomic E-state index is 0.0229. The van der Waals surface area contributed by atoms with Crippen LogP contribution in [0.25, 0.3) is 0 Å². The molecule has 1 heterocycles. The lowest BCUT2D eigenvalue weighted by Gasteiger charge is -2.32. The summed E-state index contributed by atoms with van der Waals surface area (Å²) < 4.78 is 5.34. The standard InChI is InChI=1S/C16H27NO4/c1-3-11-4-6-12(7-5-11)16(20)17-10-14(21-2)8-13(17)9-15(18)19/h11-14H,3-10H2,1-2H3,(H,18,19). The normalized spacial score (nSPS) is 33.1. The Bertz CT molecular complexity index is 376. The van der Waals surface area contributed by atoms with E-state index in [0.29, 0.717) is 13.0 Å². The van der Waals surface area contributed by atoms with Gasteiger partial charge in [-0.15, -0.1) is 0 Å². The fourth-order valence-electron chi connectivity index (χ4n) is 3.76. The van der Waals surface area contributed by atoms with Gasteiger partial charge in [0.1, 0.15) is 0 Å². The minimum Gasteiger partial charge on any atom is -0.481 e. The van der Waals surface area contributed by atoms with E-state index in [9.17, 15) is 9.59 Å². The summed E-state index contributed by atoms with van der Waals surface area (Å²) in [4.78, 5) is 25.5. The Labute approximate surface area is 126 Å². The van der Waals surface area contributed by atoms with E-state index in [-0.39, 0.29) is 30.4 Å². The molecule has 0 aromatic heterocycles. The molecule has 2 unspecified atom stereocenters. The highest BCUT2D eigenvalue weighted by Gasteiger charge is 2.39. The van der Waals surface area contributed by atoms with Crippen molar-refractivity contribution in [2.24, 2.45) is 11.8 Å². The number of carboxylic acids is 1. The molecule has 1 N–H and O–H groups in total. The van der Waals surface area contributed by atoms with Gasteiger partial charge in [0.15, 0.2) is 0 Å². The molecule has 1 saturated carbocycles. The van der Waals surface area contributed by atoms with Gasteiger partial charge in [-0.2, -0.15) is 0 Å². The van der Waals surface area contributed by atoms with E-state index >= 15 is 0 Å². The molecule has 1 amide bonds. The Kier molecular flexibility index (Phi) is 5.62. The second-order valence-corrected chi connectivity index (χ2v) is 6.46. The number of likely N-dealkylation sites (tertiary alicyclic amines) is 1. The predicted molar refractivity (Wildman–Crippen MR) is 78.9 cm³/mol. The second-order valence-electron chi connectivity index (χ2n) is 6.46. The lowest BCUT2D eigenvalue weighted by molar-refractivity contribution is -0.142. The van der Waals surface area contributed by atoms with E-state index in [4.69, 9.17) is 9.84 Å². The molecule has 5 nitrogen and oxygen atoms in total. The molecule has 0 bridgehead atoms. The number of amides is 1. The summed E-state index contributed by atoms with van der Waals surface area (Å²) in [6.45, 7) is 2.75. The average Bonchev–Trinajstić information content (AvgIpc) is 2.89. The van der Waals surface area contributed by atoms with E-state index in [0.717, 1.165) is 31.6 Å². The highest BCUT2D eigenvalue weighted by atomic mass is 16.5. The van der Waals surface area contributed by atoms with E-state index in [2.05, 4.69) is 6.92 Å². The van der Waals surface area contributed by atoms with Gasteiger partial charge in [0, 0.05) is 25.6 Å². The van der Waals surface area contributed by atoms with Gasteiger partial charge in [-0.05, 0) is 38.0 Å². The maximum Gasteiger partial charge on any atom is 0.305 e. The van der Waals surface area contributed by atoms with Gasteiger partial charge in [-0.1, -0.05) is 13.3 Å². The van der Waals surface area contributed by atoms with Crippen LogP contribution in [0.15, 0.2) is 0 Å². The van der Waals surface area contributed by atoms with Gasteiger partial charge in [0.25, 0.3) is 0 Å². The molecular weight excluding hydrogens is 270 g/mol. The molecule has 120 valence electrons. The fraction of sp³-hybridized carbons (Fsp3) is 0.875. The zero-order chi connectivity index (χ0) is 15.4. The van der Waals surface area contributed by atoms with Crippen molar-refractivity contribution in [2.75, 3.05) is 13.7 Å². The summed E-state index contributed by atoms with van der Waals surface area (Å²) in [5, 5.41) is 9.03. The van der Waals surface area contributed by atoms with Gasteiger partial charge < -0.3 is 14.7 Å². The monoisotopic (exact) mass is 297 g/mol. The number of carbonyl (C=O) groups excluding carboxylic acids is 1. The van der Waals surface area contributed by atoms with Crippen LogP contribution in [0.5, 0.6) is 0 Å². The van der Waals surface area contributed by atoms with Crippen molar-refractivity contribution in [3.8, 4) is 0 Å². The number of ether oxygens (including phenoxy) is 1. The van der Waals surface area contributed by atoms with Crippen molar-refractivity contribution < 1.29 is 19.4 Å². The lowest BCUT2D eigenvalue weighted by Crippen LogP contribution is -2.42. The van der Waals surface area contributed by atoms with Crippen molar-refractivity contribution in [3.63, 3.8) is 0 Å². The SMILES string of the molecule is CCC1CCC(C(=O)N2CC(OC)CC2CC(=O)O)CC1. The molecule has 2 aliphatic rings. The van der Waals surface area contributed by atoms with Gasteiger partial charge in [-0.25, -0.2) is 0 Å². The van der Waals surface area contributed by atoms with Crippen LogP contribution < -0.4 is 0 Å². The van der Waals surface area contributed by atoms with Crippen molar-refractivity contribution in [1.82, 2.24) is 4.90 Å². The van der Waals surface area contributed by atoms with E-state index in [1.165, 1.54) is 6.42 Å². The first kappa shape index (κ1) is 16.3. The van der Waals surface area contributed by atoms with Crippen LogP contribution in [0.1, 0.15) is 51.9 Å². The third kappa shape index (κ3) is 3.96. The van der Waals surface area contributed by atoms with E-state index in [1.54, 1.807) is 12.0 Å². The summed E-state index contributed by atoms with van der Waals surface area (Å²) in [5.74, 6) is 0.147. The van der Waals surface area contributed by atoms with Gasteiger partial charge in [0.05, 0.1) is 12.5 Å². The maximum atomic E-state index is 12.7. The topological polar surface area (TPSA) is 66.8 Å². The van der Waals surface area contributed by atoms with Crippen LogP contribution in [0.2, 0.25) is 0 Å². The molecule has 2 atom stereocenters. The molecule has 1 aliphatic carbocycles. The highest BCUT2D eigenvalue weighted by molar-refractivity contribution is 5.80. The quantitative estimate of drug-likeness (QED) is 0.845. The molecular formula is C16H27NO4. The summed E-state index contributed by atoms with van der Waals surface area (Å²) in [6.07, 6.45) is 5.98. The number of nitrogens with zero attached hydrogens (tertiary/aromatic N) is 1. The maximum absolute atomic E-state index is 12.7. The smallest absolute Gasteiger partial charge is 0.305 e. The summed E-state index contributed by atoms with van der Waals surface area (Å²) in [7, 11) is 1.63. The van der Waals surface area contributed by atoms with Crippen LogP contribution in [0.3, 0.4) is 0 Å². The largest absolute Gasteiger partial charge is 0.481 e. The predicted octanol–water partition coefficient (Wildman–Crippen LogP) is 2.29. The van der Waals surface area contributed by atoms with Crippen molar-refractivity contribution in [2.45, 2.75) is 64.0 Å². The van der Waals surface area contributed by atoms with Crippen LogP contribution in [-0.2, 0) is 14.3 Å². The van der Waals surface area contributed by atoms with Crippen molar-refractivity contribution >= 4 is 11.9 Å². The van der Waals surface area contributed by atoms with Gasteiger partial charge in [0.2, 0.25) is 5.91 Å². The first-order chi connectivity index (χ1) is 10.0. The Morgan fingerprint density at radius 3 is 2.43 bits per heavy atom. The van der Waals surface area contributed by atoms with Crippen molar-refractivity contribution in [3.05, 3.63) is 0 Å².